The fourth-order valence-corrected chi connectivity index (χ4v) is 4.91. The lowest BCUT2D eigenvalue weighted by molar-refractivity contribution is -0.275. The smallest absolute Gasteiger partial charge is 0.429 e. The lowest BCUT2D eigenvalue weighted by Crippen LogP contribution is -2.25. The number of aromatic nitrogens is 2. The van der Waals surface area contributed by atoms with Crippen LogP contribution in [0.4, 0.5) is 39.5 Å². The van der Waals surface area contributed by atoms with Crippen molar-refractivity contribution in [2.75, 3.05) is 0 Å². The summed E-state index contributed by atoms with van der Waals surface area (Å²) >= 11 is 0. The first kappa shape index (κ1) is 34.3. The fourth-order valence-electron chi connectivity index (χ4n) is 4.91. The predicted octanol–water partition coefficient (Wildman–Crippen LogP) is 10.8. The molecule has 4 nitrogen and oxygen atoms in total. The molecular weight excluding hydrogens is 651 g/mol. The summed E-state index contributed by atoms with van der Waals surface area (Å²) in [7, 11) is 0. The lowest BCUT2D eigenvalue weighted by Gasteiger charge is -2.20. The fraction of sp³-hybridized carbons (Fsp3) is 0.200. The number of halogens is 9. The molecule has 48 heavy (non-hydrogen) atoms. The van der Waals surface area contributed by atoms with Crippen LogP contribution in [-0.4, -0.2) is 16.3 Å². The Labute approximate surface area is 268 Å². The Bertz CT molecular complexity index is 1870. The zero-order valence-corrected chi connectivity index (χ0v) is 25.0. The lowest BCUT2D eigenvalue weighted by atomic mass is 9.97. The third-order valence-electron chi connectivity index (χ3n) is 7.24. The summed E-state index contributed by atoms with van der Waals surface area (Å²) in [6, 6.07) is 12.7. The van der Waals surface area contributed by atoms with E-state index in [0.717, 1.165) is 42.9 Å². The molecule has 4 aromatic carbocycles. The first-order chi connectivity index (χ1) is 22.7. The molecule has 0 radical (unpaired) electrons. The van der Waals surface area contributed by atoms with Crippen LogP contribution in [0.3, 0.4) is 0 Å². The number of alkyl halides is 5. The molecule has 5 rings (SSSR count). The number of nitrogens with zero attached hydrogens (tertiary/aromatic N) is 2. The monoisotopic (exact) mass is 676 g/mol. The molecule has 0 N–H and O–H groups in total. The largest absolute Gasteiger partial charge is 0.573 e. The Morgan fingerprint density at radius 3 is 1.79 bits per heavy atom. The van der Waals surface area contributed by atoms with Crippen molar-refractivity contribution in [1.82, 2.24) is 9.97 Å². The van der Waals surface area contributed by atoms with Crippen LogP contribution in [-0.2, 0) is 12.5 Å². The zero-order chi connectivity index (χ0) is 34.6. The van der Waals surface area contributed by atoms with Gasteiger partial charge in [-0.3, -0.25) is 0 Å². The molecule has 0 unspecified atom stereocenters. The van der Waals surface area contributed by atoms with Gasteiger partial charge in [-0.1, -0.05) is 56.2 Å². The van der Waals surface area contributed by atoms with Gasteiger partial charge in [0.25, 0.3) is 0 Å². The molecular formula is C35H25F9N2O2. The van der Waals surface area contributed by atoms with E-state index in [-0.39, 0.29) is 11.6 Å². The maximum Gasteiger partial charge on any atom is 0.573 e. The molecule has 1 aromatic heterocycles. The normalized spacial score (nSPS) is 11.9. The van der Waals surface area contributed by atoms with Crippen molar-refractivity contribution in [1.29, 1.82) is 0 Å². The van der Waals surface area contributed by atoms with Crippen LogP contribution in [0.2, 0.25) is 0 Å². The Balaban J connectivity index is 1.32. The number of ether oxygens (including phenoxy) is 2. The number of aryl methyl sites for hydroxylation is 1. The quantitative estimate of drug-likeness (QED) is 0.103. The number of hydrogen-bond donors (Lipinski definition) is 0. The van der Waals surface area contributed by atoms with Gasteiger partial charge in [0, 0.05) is 29.6 Å². The van der Waals surface area contributed by atoms with Crippen LogP contribution >= 0.6 is 0 Å². The van der Waals surface area contributed by atoms with Crippen LogP contribution in [0.1, 0.15) is 37.3 Å². The molecule has 250 valence electrons. The van der Waals surface area contributed by atoms with Gasteiger partial charge in [0.1, 0.15) is 28.8 Å². The summed E-state index contributed by atoms with van der Waals surface area (Å²) in [6.45, 7) is 2.13. The predicted molar refractivity (Wildman–Crippen MR) is 159 cm³/mol. The van der Waals surface area contributed by atoms with Crippen molar-refractivity contribution in [3.05, 3.63) is 120 Å². The van der Waals surface area contributed by atoms with Gasteiger partial charge in [-0.05, 0) is 65.4 Å². The van der Waals surface area contributed by atoms with Crippen molar-refractivity contribution in [2.45, 2.75) is 45.1 Å². The zero-order valence-electron chi connectivity index (χ0n) is 25.0. The standard InChI is InChI=1S/C35H25F9N2O2/c1-2-3-4-5-20-18-45-33(46-19-20)22-8-6-21(7-9-22)23-10-12-26(27(36)14-23)24-15-29(38)32(30(39)16-24)34(40,41)47-25-11-13-31(28(37)17-25)48-35(42,43)44/h6-19H,2-5H2,1H3. The molecule has 0 atom stereocenters. The Hall–Kier alpha value is -5.07. The molecule has 0 saturated carbocycles. The summed E-state index contributed by atoms with van der Waals surface area (Å²) in [5, 5.41) is 0. The maximum absolute atomic E-state index is 15.2. The van der Waals surface area contributed by atoms with Gasteiger partial charge >= 0.3 is 12.5 Å². The minimum atomic E-state index is -5.26. The highest BCUT2D eigenvalue weighted by Gasteiger charge is 2.42. The summed E-state index contributed by atoms with van der Waals surface area (Å²) in [6.07, 6.45) is -2.25. The van der Waals surface area contributed by atoms with Gasteiger partial charge < -0.3 is 9.47 Å². The van der Waals surface area contributed by atoms with Gasteiger partial charge in [-0.2, -0.15) is 8.78 Å². The van der Waals surface area contributed by atoms with Gasteiger partial charge in [0.05, 0.1) is 0 Å². The van der Waals surface area contributed by atoms with E-state index in [9.17, 15) is 35.1 Å². The van der Waals surface area contributed by atoms with E-state index in [2.05, 4.69) is 26.4 Å². The van der Waals surface area contributed by atoms with Crippen molar-refractivity contribution in [2.24, 2.45) is 0 Å². The number of rotatable bonds is 11. The first-order valence-corrected chi connectivity index (χ1v) is 14.6. The second kappa shape index (κ2) is 14.0. The highest BCUT2D eigenvalue weighted by Crippen LogP contribution is 2.39. The van der Waals surface area contributed by atoms with Crippen LogP contribution in [0.25, 0.3) is 33.6 Å². The van der Waals surface area contributed by atoms with Gasteiger partial charge in [0.2, 0.25) is 0 Å². The topological polar surface area (TPSA) is 44.2 Å². The van der Waals surface area contributed by atoms with E-state index in [0.29, 0.717) is 41.2 Å². The molecule has 5 aromatic rings. The second-order valence-electron chi connectivity index (χ2n) is 10.7. The van der Waals surface area contributed by atoms with E-state index in [1.54, 1.807) is 36.7 Å². The second-order valence-corrected chi connectivity index (χ2v) is 10.7. The van der Waals surface area contributed by atoms with E-state index < -0.39 is 58.4 Å². The van der Waals surface area contributed by atoms with Gasteiger partial charge in [-0.25, -0.2) is 27.5 Å². The molecule has 0 saturated heterocycles. The van der Waals surface area contributed by atoms with E-state index in [1.165, 1.54) is 12.1 Å². The molecule has 0 fully saturated rings. The third kappa shape index (κ3) is 8.07. The van der Waals surface area contributed by atoms with Crippen molar-refractivity contribution in [3.8, 4) is 45.1 Å². The average Bonchev–Trinajstić information content (AvgIpc) is 3.01. The van der Waals surface area contributed by atoms with Crippen LogP contribution < -0.4 is 9.47 Å². The first-order valence-electron chi connectivity index (χ1n) is 14.6. The van der Waals surface area contributed by atoms with Crippen LogP contribution in [0.15, 0.2) is 85.2 Å². The molecule has 0 amide bonds. The van der Waals surface area contributed by atoms with E-state index in [4.69, 9.17) is 0 Å². The third-order valence-corrected chi connectivity index (χ3v) is 7.24. The van der Waals surface area contributed by atoms with Crippen LogP contribution in [0.5, 0.6) is 11.5 Å². The van der Waals surface area contributed by atoms with E-state index in [1.807, 2.05) is 0 Å². The highest BCUT2D eigenvalue weighted by atomic mass is 19.4. The highest BCUT2D eigenvalue weighted by molar-refractivity contribution is 5.73. The Kier molecular flexibility index (Phi) is 9.97. The number of unbranched alkanes of at least 4 members (excludes halogenated alkanes) is 2. The SMILES string of the molecule is CCCCCc1cnc(-c2ccc(-c3ccc(-c4cc(F)c(C(F)(F)Oc5ccc(OC(F)(F)F)c(F)c5)c(F)c4)c(F)c3)cc2)nc1. The summed E-state index contributed by atoms with van der Waals surface area (Å²) in [5.41, 5.74) is 0.234. The number of hydrogen-bond acceptors (Lipinski definition) is 4. The average molecular weight is 677 g/mol. The van der Waals surface area contributed by atoms with Crippen molar-refractivity contribution >= 4 is 0 Å². The molecule has 0 aliphatic rings. The summed E-state index contributed by atoms with van der Waals surface area (Å²) < 4.78 is 133. The molecule has 13 heteroatoms. The van der Waals surface area contributed by atoms with Gasteiger partial charge in [0.15, 0.2) is 17.4 Å². The van der Waals surface area contributed by atoms with Crippen LogP contribution in [0, 0.1) is 23.3 Å². The van der Waals surface area contributed by atoms with Gasteiger partial charge in [-0.15, -0.1) is 13.2 Å². The number of benzene rings is 4. The molecule has 1 heterocycles. The molecule has 0 bridgehead atoms. The minimum absolute atomic E-state index is 0.129. The molecule has 0 aliphatic heterocycles. The minimum Gasteiger partial charge on any atom is -0.429 e. The Morgan fingerprint density at radius 1 is 0.604 bits per heavy atom. The summed E-state index contributed by atoms with van der Waals surface area (Å²) in [4.78, 5) is 8.84. The Morgan fingerprint density at radius 2 is 1.21 bits per heavy atom. The van der Waals surface area contributed by atoms with Crippen molar-refractivity contribution in [3.63, 3.8) is 0 Å². The summed E-state index contributed by atoms with van der Waals surface area (Å²) in [5.74, 6) is -8.11. The van der Waals surface area contributed by atoms with Crippen molar-refractivity contribution < 1.29 is 49.0 Å². The maximum atomic E-state index is 15.2. The molecule has 0 spiro atoms. The van der Waals surface area contributed by atoms with E-state index >= 15 is 4.39 Å². The molecule has 0 aliphatic carbocycles.